The second-order valence-electron chi connectivity index (χ2n) is 4.88. The first-order valence-electron chi connectivity index (χ1n) is 6.86. The Hall–Kier alpha value is -1.90. The lowest BCUT2D eigenvalue weighted by atomic mass is 9.93. The van der Waals surface area contributed by atoms with Crippen molar-refractivity contribution in [1.29, 1.82) is 0 Å². The third kappa shape index (κ3) is 4.05. The number of aliphatic hydroxyl groups is 2. The molecular formula is C18H20O2. The van der Waals surface area contributed by atoms with E-state index in [0.29, 0.717) is 6.42 Å². The summed E-state index contributed by atoms with van der Waals surface area (Å²) in [6, 6.07) is 20.2. The largest absolute Gasteiger partial charge is 0.396 e. The van der Waals surface area contributed by atoms with Gasteiger partial charge in [0.1, 0.15) is 0 Å². The molecule has 0 heterocycles. The van der Waals surface area contributed by atoms with Gasteiger partial charge in [-0.1, -0.05) is 66.7 Å². The zero-order chi connectivity index (χ0) is 14.2. The summed E-state index contributed by atoms with van der Waals surface area (Å²) >= 11 is 0. The van der Waals surface area contributed by atoms with Crippen LogP contribution < -0.4 is 0 Å². The van der Waals surface area contributed by atoms with Crippen LogP contribution in [0.25, 0.3) is 11.6 Å². The Morgan fingerprint density at radius 1 is 0.850 bits per heavy atom. The summed E-state index contributed by atoms with van der Waals surface area (Å²) in [4.78, 5) is 0. The molecule has 0 atom stereocenters. The molecule has 2 N–H and O–H groups in total. The van der Waals surface area contributed by atoms with Crippen LogP contribution in [-0.2, 0) is 0 Å². The van der Waals surface area contributed by atoms with Gasteiger partial charge in [0.25, 0.3) is 0 Å². The average Bonchev–Trinajstić information content (AvgIpc) is 2.53. The Labute approximate surface area is 120 Å². The lowest BCUT2D eigenvalue weighted by Gasteiger charge is -2.14. The molecule has 0 saturated heterocycles. The summed E-state index contributed by atoms with van der Waals surface area (Å²) in [7, 11) is 0. The van der Waals surface area contributed by atoms with Crippen molar-refractivity contribution in [3.63, 3.8) is 0 Å². The summed E-state index contributed by atoms with van der Waals surface area (Å²) in [5, 5.41) is 18.6. The van der Waals surface area contributed by atoms with Crippen LogP contribution in [-0.4, -0.2) is 23.4 Å². The highest BCUT2D eigenvalue weighted by Gasteiger charge is 2.11. The number of aliphatic hydroxyl groups excluding tert-OH is 2. The fourth-order valence-electron chi connectivity index (χ4n) is 2.16. The molecule has 0 radical (unpaired) electrons. The third-order valence-electron chi connectivity index (χ3n) is 3.31. The standard InChI is InChI=1S/C18H20O2/c19-13-16(14-20)12-18(17-9-5-2-6-10-17)11-15-7-3-1-4-8-15/h1-11,16,19-20H,12-14H2/b18-11-. The van der Waals surface area contributed by atoms with Gasteiger partial charge in [0.15, 0.2) is 0 Å². The van der Waals surface area contributed by atoms with Crippen molar-refractivity contribution in [3.8, 4) is 0 Å². The van der Waals surface area contributed by atoms with Gasteiger partial charge in [0.05, 0.1) is 0 Å². The second kappa shape index (κ2) is 7.63. The van der Waals surface area contributed by atoms with Crippen molar-refractivity contribution in [2.75, 3.05) is 13.2 Å². The quantitative estimate of drug-likeness (QED) is 0.790. The van der Waals surface area contributed by atoms with E-state index in [1.54, 1.807) is 0 Å². The van der Waals surface area contributed by atoms with E-state index in [9.17, 15) is 10.2 Å². The Bertz CT molecular complexity index is 528. The van der Waals surface area contributed by atoms with Crippen LogP contribution in [0, 0.1) is 5.92 Å². The van der Waals surface area contributed by atoms with Crippen LogP contribution in [0.15, 0.2) is 60.7 Å². The van der Waals surface area contributed by atoms with Crippen molar-refractivity contribution >= 4 is 11.6 Å². The van der Waals surface area contributed by atoms with Crippen LogP contribution in [0.4, 0.5) is 0 Å². The van der Waals surface area contributed by atoms with E-state index >= 15 is 0 Å². The first-order valence-corrected chi connectivity index (χ1v) is 6.86. The van der Waals surface area contributed by atoms with Gasteiger partial charge in [-0.15, -0.1) is 0 Å². The molecule has 0 spiro atoms. The predicted octanol–water partition coefficient (Wildman–Crippen LogP) is 3.22. The molecule has 2 heteroatoms. The van der Waals surface area contributed by atoms with Crippen molar-refractivity contribution in [2.24, 2.45) is 5.92 Å². The third-order valence-corrected chi connectivity index (χ3v) is 3.31. The Balaban J connectivity index is 2.32. The fraction of sp³-hybridized carbons (Fsp3) is 0.222. The zero-order valence-corrected chi connectivity index (χ0v) is 11.4. The molecule has 2 aromatic carbocycles. The van der Waals surface area contributed by atoms with Crippen LogP contribution in [0.3, 0.4) is 0 Å². The van der Waals surface area contributed by atoms with E-state index in [0.717, 1.165) is 16.7 Å². The first kappa shape index (κ1) is 14.5. The highest BCUT2D eigenvalue weighted by Crippen LogP contribution is 2.25. The van der Waals surface area contributed by atoms with Crippen molar-refractivity contribution in [3.05, 3.63) is 71.8 Å². The Kier molecular flexibility index (Phi) is 5.54. The molecule has 0 aliphatic carbocycles. The monoisotopic (exact) mass is 268 g/mol. The van der Waals surface area contributed by atoms with Gasteiger partial charge in [0, 0.05) is 19.1 Å². The van der Waals surface area contributed by atoms with Crippen molar-refractivity contribution in [1.82, 2.24) is 0 Å². The SMILES string of the molecule is OCC(CO)C/C(=C/c1ccccc1)c1ccccc1. The number of hydrogen-bond donors (Lipinski definition) is 2. The van der Waals surface area contributed by atoms with E-state index in [-0.39, 0.29) is 19.1 Å². The highest BCUT2D eigenvalue weighted by molar-refractivity contribution is 5.81. The van der Waals surface area contributed by atoms with Gasteiger partial charge < -0.3 is 10.2 Å². The lowest BCUT2D eigenvalue weighted by molar-refractivity contribution is 0.153. The Morgan fingerprint density at radius 3 is 1.95 bits per heavy atom. The maximum atomic E-state index is 9.30. The van der Waals surface area contributed by atoms with Gasteiger partial charge in [0.2, 0.25) is 0 Å². The summed E-state index contributed by atoms with van der Waals surface area (Å²) in [6.07, 6.45) is 2.78. The molecular weight excluding hydrogens is 248 g/mol. The number of rotatable bonds is 6. The maximum Gasteiger partial charge on any atom is 0.0484 e. The molecule has 2 nitrogen and oxygen atoms in total. The predicted molar refractivity (Wildman–Crippen MR) is 83.0 cm³/mol. The number of benzene rings is 2. The average molecular weight is 268 g/mol. The van der Waals surface area contributed by atoms with Crippen LogP contribution in [0.5, 0.6) is 0 Å². The van der Waals surface area contributed by atoms with E-state index < -0.39 is 0 Å². The summed E-state index contributed by atoms with van der Waals surface area (Å²) in [5.41, 5.74) is 3.38. The van der Waals surface area contributed by atoms with E-state index in [2.05, 4.69) is 30.3 Å². The van der Waals surface area contributed by atoms with Gasteiger partial charge in [-0.05, 0) is 23.1 Å². The highest BCUT2D eigenvalue weighted by atomic mass is 16.3. The topological polar surface area (TPSA) is 40.5 Å². The molecule has 0 unspecified atom stereocenters. The fourth-order valence-corrected chi connectivity index (χ4v) is 2.16. The summed E-state index contributed by atoms with van der Waals surface area (Å²) in [6.45, 7) is -0.00900. The molecule has 0 bridgehead atoms. The molecule has 2 aromatic rings. The van der Waals surface area contributed by atoms with E-state index in [4.69, 9.17) is 0 Å². The maximum absolute atomic E-state index is 9.30. The molecule has 2 rings (SSSR count). The van der Waals surface area contributed by atoms with Gasteiger partial charge in [-0.2, -0.15) is 0 Å². The summed E-state index contributed by atoms with van der Waals surface area (Å²) in [5.74, 6) is -0.120. The van der Waals surface area contributed by atoms with Crippen molar-refractivity contribution in [2.45, 2.75) is 6.42 Å². The Morgan fingerprint density at radius 2 is 1.40 bits per heavy atom. The molecule has 0 saturated carbocycles. The van der Waals surface area contributed by atoms with E-state index in [1.165, 1.54) is 0 Å². The van der Waals surface area contributed by atoms with Crippen LogP contribution >= 0.6 is 0 Å². The molecule has 0 aromatic heterocycles. The molecule has 20 heavy (non-hydrogen) atoms. The van der Waals surface area contributed by atoms with Crippen LogP contribution in [0.1, 0.15) is 17.5 Å². The first-order chi connectivity index (χ1) is 9.83. The molecule has 0 fully saturated rings. The minimum Gasteiger partial charge on any atom is -0.396 e. The van der Waals surface area contributed by atoms with Crippen LogP contribution in [0.2, 0.25) is 0 Å². The lowest BCUT2D eigenvalue weighted by Crippen LogP contribution is -2.11. The zero-order valence-electron chi connectivity index (χ0n) is 11.4. The number of hydrogen-bond acceptors (Lipinski definition) is 2. The van der Waals surface area contributed by atoms with Crippen molar-refractivity contribution < 1.29 is 10.2 Å². The molecule has 104 valence electrons. The van der Waals surface area contributed by atoms with Gasteiger partial charge in [-0.25, -0.2) is 0 Å². The molecule has 0 aliphatic heterocycles. The van der Waals surface area contributed by atoms with Gasteiger partial charge in [-0.3, -0.25) is 0 Å². The smallest absolute Gasteiger partial charge is 0.0484 e. The molecule has 0 aliphatic rings. The van der Waals surface area contributed by atoms with Gasteiger partial charge >= 0.3 is 0 Å². The number of allylic oxidation sites excluding steroid dienone is 1. The van der Waals surface area contributed by atoms with E-state index in [1.807, 2.05) is 36.4 Å². The molecule has 0 amide bonds. The minimum absolute atomic E-state index is 0.00450. The summed E-state index contributed by atoms with van der Waals surface area (Å²) < 4.78 is 0. The second-order valence-corrected chi connectivity index (χ2v) is 4.88. The minimum atomic E-state index is -0.120. The normalized spacial score (nSPS) is 11.8.